The van der Waals surface area contributed by atoms with Gasteiger partial charge in [0, 0.05) is 6.61 Å². The molecule has 0 aromatic rings. The topological polar surface area (TPSA) is 54.0 Å². The second-order valence-corrected chi connectivity index (χ2v) is 6.84. The monoisotopic (exact) mass is 307 g/mol. The van der Waals surface area contributed by atoms with Gasteiger partial charge in [-0.2, -0.15) is 0 Å². The van der Waals surface area contributed by atoms with Crippen molar-refractivity contribution in [2.24, 2.45) is 0 Å². The van der Waals surface area contributed by atoms with E-state index in [1.54, 1.807) is 0 Å². The Morgan fingerprint density at radius 2 is 1.45 bits per heavy atom. The average Bonchev–Trinajstić information content (AvgIpc) is 2.93. The summed E-state index contributed by atoms with van der Waals surface area (Å²) in [4.78, 5) is 11.5. The van der Waals surface area contributed by atoms with E-state index in [0.717, 1.165) is 0 Å². The summed E-state index contributed by atoms with van der Waals surface area (Å²) in [6, 6.07) is 0. The minimum atomic E-state index is -0.0770. The zero-order chi connectivity index (χ0) is 14.5. The average molecular weight is 307 g/mol. The van der Waals surface area contributed by atoms with Gasteiger partial charge in [0.2, 0.25) is 5.75 Å². The Balaban J connectivity index is 1.78. The lowest BCUT2D eigenvalue weighted by atomic mass is 10.4. The molecule has 1 saturated heterocycles. The van der Waals surface area contributed by atoms with Crippen molar-refractivity contribution in [3.8, 4) is 0 Å². The van der Waals surface area contributed by atoms with Gasteiger partial charge in [0.15, 0.2) is 0 Å². The molecule has 0 amide bonds. The Morgan fingerprint density at radius 1 is 0.900 bits per heavy atom. The first-order valence-electron chi connectivity index (χ1n) is 7.36. The van der Waals surface area contributed by atoms with E-state index < -0.39 is 0 Å². The number of ether oxygens (including phenoxy) is 4. The maximum absolute atomic E-state index is 11.5. The van der Waals surface area contributed by atoms with Crippen molar-refractivity contribution in [3.05, 3.63) is 0 Å². The van der Waals surface area contributed by atoms with E-state index in [-0.39, 0.29) is 16.9 Å². The molecule has 1 aliphatic rings. The van der Waals surface area contributed by atoms with Gasteiger partial charge in [0.25, 0.3) is 0 Å². The van der Waals surface area contributed by atoms with Crippen LogP contribution in [0.3, 0.4) is 0 Å². The van der Waals surface area contributed by atoms with E-state index in [4.69, 9.17) is 18.9 Å². The zero-order valence-corrected chi connectivity index (χ0v) is 13.3. The van der Waals surface area contributed by atoms with Crippen LogP contribution < -0.4 is 0 Å². The molecule has 0 saturated carbocycles. The van der Waals surface area contributed by atoms with Crippen LogP contribution in [-0.4, -0.2) is 69.5 Å². The van der Waals surface area contributed by atoms with E-state index >= 15 is 0 Å². The summed E-state index contributed by atoms with van der Waals surface area (Å²) in [6.45, 7) is 5.73. The Bertz CT molecular complexity index is 244. The van der Waals surface area contributed by atoms with Crippen molar-refractivity contribution < 1.29 is 23.7 Å². The fraction of sp³-hybridized carbons (Fsp3) is 0.929. The molecular weight excluding hydrogens is 280 g/mol. The first kappa shape index (κ1) is 17.8. The first-order chi connectivity index (χ1) is 9.83. The van der Waals surface area contributed by atoms with Crippen molar-refractivity contribution >= 4 is 16.9 Å². The van der Waals surface area contributed by atoms with Crippen molar-refractivity contribution in [2.75, 3.05) is 63.5 Å². The second-order valence-electron chi connectivity index (χ2n) is 4.51. The number of carbonyl (C=O) groups is 1. The fourth-order valence-electron chi connectivity index (χ4n) is 1.87. The van der Waals surface area contributed by atoms with Gasteiger partial charge in [0.1, 0.15) is 18.1 Å². The van der Waals surface area contributed by atoms with Crippen molar-refractivity contribution in [3.63, 3.8) is 0 Å². The molecule has 1 heterocycles. The molecule has 1 aliphatic heterocycles. The quantitative estimate of drug-likeness (QED) is 0.306. The highest BCUT2D eigenvalue weighted by molar-refractivity contribution is 7.97. The summed E-state index contributed by atoms with van der Waals surface area (Å²) in [7, 11) is 0.281. The standard InChI is InChI=1S/C14H27O5S/c1-2-16-5-6-17-7-8-18-9-10-19-14(15)13-20-11-3-4-12-20/h2-13H2,1H3/q+1. The molecule has 20 heavy (non-hydrogen) atoms. The third-order valence-corrected chi connectivity index (χ3v) is 5.25. The zero-order valence-electron chi connectivity index (χ0n) is 12.4. The Hall–Kier alpha value is -0.300. The molecule has 0 N–H and O–H groups in total. The highest BCUT2D eigenvalue weighted by Gasteiger charge is 2.27. The number of esters is 1. The lowest BCUT2D eigenvalue weighted by Crippen LogP contribution is -2.22. The van der Waals surface area contributed by atoms with E-state index in [1.807, 2.05) is 6.92 Å². The molecule has 1 rings (SSSR count). The largest absolute Gasteiger partial charge is 0.460 e. The summed E-state index contributed by atoms with van der Waals surface area (Å²) in [5.41, 5.74) is 0. The van der Waals surface area contributed by atoms with Crippen LogP contribution in [0.1, 0.15) is 19.8 Å². The van der Waals surface area contributed by atoms with Crippen molar-refractivity contribution in [1.29, 1.82) is 0 Å². The van der Waals surface area contributed by atoms with Crippen LogP contribution in [0.15, 0.2) is 0 Å². The number of carbonyl (C=O) groups excluding carboxylic acids is 1. The van der Waals surface area contributed by atoms with Gasteiger partial charge in [-0.3, -0.25) is 0 Å². The Morgan fingerprint density at radius 3 is 2.05 bits per heavy atom. The molecule has 0 unspecified atom stereocenters. The molecular formula is C14H27O5S+. The van der Waals surface area contributed by atoms with Crippen LogP contribution in [0.5, 0.6) is 0 Å². The first-order valence-corrected chi connectivity index (χ1v) is 9.09. The number of rotatable bonds is 12. The number of hydrogen-bond acceptors (Lipinski definition) is 5. The smallest absolute Gasteiger partial charge is 0.356 e. The maximum Gasteiger partial charge on any atom is 0.356 e. The van der Waals surface area contributed by atoms with E-state index in [1.165, 1.54) is 24.3 Å². The lowest BCUT2D eigenvalue weighted by molar-refractivity contribution is -0.142. The van der Waals surface area contributed by atoms with Gasteiger partial charge in [-0.1, -0.05) is 0 Å². The summed E-state index contributed by atoms with van der Waals surface area (Å²) in [5, 5.41) is 0. The highest BCUT2D eigenvalue weighted by Crippen LogP contribution is 2.13. The van der Waals surface area contributed by atoms with Crippen molar-refractivity contribution in [1.82, 2.24) is 0 Å². The molecule has 0 bridgehead atoms. The van der Waals surface area contributed by atoms with E-state index in [2.05, 4.69) is 0 Å². The van der Waals surface area contributed by atoms with Gasteiger partial charge in [-0.05, 0) is 30.7 Å². The molecule has 118 valence electrons. The SMILES string of the molecule is CCOCCOCCOCCOC(=O)C[S+]1CCCC1. The lowest BCUT2D eigenvalue weighted by Gasteiger charge is -2.07. The van der Waals surface area contributed by atoms with Gasteiger partial charge < -0.3 is 18.9 Å². The molecule has 5 nitrogen and oxygen atoms in total. The van der Waals surface area contributed by atoms with E-state index in [0.29, 0.717) is 52.0 Å². The van der Waals surface area contributed by atoms with Crippen LogP contribution >= 0.6 is 0 Å². The van der Waals surface area contributed by atoms with E-state index in [9.17, 15) is 4.79 Å². The van der Waals surface area contributed by atoms with Crippen LogP contribution in [0.25, 0.3) is 0 Å². The van der Waals surface area contributed by atoms with Crippen LogP contribution in [-0.2, 0) is 34.6 Å². The molecule has 0 atom stereocenters. The summed E-state index contributed by atoms with van der Waals surface area (Å²) < 4.78 is 20.9. The predicted octanol–water partition coefficient (Wildman–Crippen LogP) is 1.01. The third kappa shape index (κ3) is 9.58. The van der Waals surface area contributed by atoms with Gasteiger partial charge in [-0.15, -0.1) is 0 Å². The maximum atomic E-state index is 11.5. The Labute approximate surface area is 124 Å². The molecule has 0 radical (unpaired) electrons. The van der Waals surface area contributed by atoms with Crippen LogP contribution in [0.2, 0.25) is 0 Å². The minimum absolute atomic E-state index is 0.0770. The third-order valence-electron chi connectivity index (χ3n) is 2.88. The fourth-order valence-corrected chi connectivity index (χ4v) is 4.00. The Kier molecular flexibility index (Phi) is 11.0. The highest BCUT2D eigenvalue weighted by atomic mass is 32.2. The van der Waals surface area contributed by atoms with Crippen LogP contribution in [0.4, 0.5) is 0 Å². The number of hydrogen-bond donors (Lipinski definition) is 0. The van der Waals surface area contributed by atoms with Crippen molar-refractivity contribution in [2.45, 2.75) is 19.8 Å². The predicted molar refractivity (Wildman–Crippen MR) is 80.3 cm³/mol. The minimum Gasteiger partial charge on any atom is -0.460 e. The molecule has 1 fully saturated rings. The van der Waals surface area contributed by atoms with Gasteiger partial charge in [0.05, 0.1) is 33.0 Å². The molecule has 0 spiro atoms. The summed E-state index contributed by atoms with van der Waals surface area (Å²) in [5.74, 6) is 2.92. The summed E-state index contributed by atoms with van der Waals surface area (Å²) in [6.07, 6.45) is 2.53. The van der Waals surface area contributed by atoms with Crippen LogP contribution in [0, 0.1) is 0 Å². The molecule has 6 heteroatoms. The molecule has 0 aliphatic carbocycles. The molecule has 0 aromatic heterocycles. The van der Waals surface area contributed by atoms with Gasteiger partial charge >= 0.3 is 5.97 Å². The molecule has 0 aromatic carbocycles. The summed E-state index contributed by atoms with van der Waals surface area (Å²) >= 11 is 0. The van der Waals surface area contributed by atoms with Gasteiger partial charge in [-0.25, -0.2) is 4.79 Å². The second kappa shape index (κ2) is 12.4. The normalized spacial score (nSPS) is 15.7.